The summed E-state index contributed by atoms with van der Waals surface area (Å²) in [5.41, 5.74) is 2.27. The lowest BCUT2D eigenvalue weighted by Gasteiger charge is -2.14. The lowest BCUT2D eigenvalue weighted by Crippen LogP contribution is -2.25. The van der Waals surface area contributed by atoms with E-state index in [2.05, 4.69) is 11.4 Å². The number of rotatable bonds is 7. The van der Waals surface area contributed by atoms with Crippen molar-refractivity contribution in [3.05, 3.63) is 64.7 Å². The van der Waals surface area contributed by atoms with Crippen molar-refractivity contribution in [1.29, 1.82) is 0 Å². The van der Waals surface area contributed by atoms with Crippen LogP contribution in [0.3, 0.4) is 0 Å². The first-order valence-corrected chi connectivity index (χ1v) is 8.46. The van der Waals surface area contributed by atoms with Gasteiger partial charge in [0.15, 0.2) is 0 Å². The van der Waals surface area contributed by atoms with Gasteiger partial charge in [0, 0.05) is 30.3 Å². The molecular weight excluding hydrogens is 310 g/mol. The fourth-order valence-electron chi connectivity index (χ4n) is 2.71. The zero-order valence-corrected chi connectivity index (χ0v) is 13.9. The van der Waals surface area contributed by atoms with E-state index in [-0.39, 0.29) is 0 Å². The van der Waals surface area contributed by atoms with E-state index < -0.39 is 0 Å². The Morgan fingerprint density at radius 2 is 1.96 bits per heavy atom. The molecule has 0 aromatic heterocycles. The Morgan fingerprint density at radius 3 is 2.74 bits per heavy atom. The van der Waals surface area contributed by atoms with Crippen LogP contribution in [0.15, 0.2) is 48.5 Å². The van der Waals surface area contributed by atoms with Crippen LogP contribution in [0.25, 0.3) is 0 Å². The smallest absolute Gasteiger partial charge is 0.124 e. The van der Waals surface area contributed by atoms with Crippen LogP contribution >= 0.6 is 11.6 Å². The minimum absolute atomic E-state index is 0.358. The van der Waals surface area contributed by atoms with Crippen LogP contribution in [0.4, 0.5) is 0 Å². The van der Waals surface area contributed by atoms with Crippen LogP contribution < -0.4 is 10.1 Å². The molecule has 0 radical (unpaired) electrons. The van der Waals surface area contributed by atoms with Gasteiger partial charge in [0.05, 0.1) is 6.10 Å². The number of para-hydroxylation sites is 1. The van der Waals surface area contributed by atoms with Gasteiger partial charge in [-0.15, -0.1) is 0 Å². The van der Waals surface area contributed by atoms with Crippen molar-refractivity contribution in [2.45, 2.75) is 32.1 Å². The molecule has 4 heteroatoms. The minimum Gasteiger partial charge on any atom is -0.489 e. The largest absolute Gasteiger partial charge is 0.489 e. The maximum atomic E-state index is 5.97. The Labute approximate surface area is 142 Å². The van der Waals surface area contributed by atoms with Crippen LogP contribution in [0, 0.1) is 0 Å². The van der Waals surface area contributed by atoms with Crippen molar-refractivity contribution in [2.24, 2.45) is 0 Å². The number of halogens is 1. The second kappa shape index (κ2) is 8.34. The summed E-state index contributed by atoms with van der Waals surface area (Å²) in [7, 11) is 0. The van der Waals surface area contributed by atoms with Gasteiger partial charge >= 0.3 is 0 Å². The highest BCUT2D eigenvalue weighted by Crippen LogP contribution is 2.20. The first-order valence-electron chi connectivity index (χ1n) is 8.09. The molecule has 1 atom stereocenters. The Balaban J connectivity index is 1.53. The SMILES string of the molecule is Clc1ccc(COc2ccccc2CNCC2CCCO2)cc1. The van der Waals surface area contributed by atoms with Crippen LogP contribution in [-0.2, 0) is 17.9 Å². The fraction of sp³-hybridized carbons (Fsp3) is 0.368. The molecule has 3 rings (SSSR count). The van der Waals surface area contributed by atoms with E-state index in [9.17, 15) is 0 Å². The van der Waals surface area contributed by atoms with Crippen LogP contribution in [0.2, 0.25) is 5.02 Å². The molecule has 1 N–H and O–H groups in total. The standard InChI is InChI=1S/C19H22ClNO2/c20-17-9-7-15(8-10-17)14-23-19-6-2-1-4-16(19)12-21-13-18-5-3-11-22-18/h1-2,4,6-10,18,21H,3,5,11-14H2. The Hall–Kier alpha value is -1.55. The quantitative estimate of drug-likeness (QED) is 0.825. The van der Waals surface area contributed by atoms with Gasteiger partial charge in [-0.3, -0.25) is 0 Å². The van der Waals surface area contributed by atoms with E-state index in [1.807, 2.05) is 42.5 Å². The third-order valence-corrected chi connectivity index (χ3v) is 4.24. The lowest BCUT2D eigenvalue weighted by molar-refractivity contribution is 0.110. The molecule has 1 aliphatic rings. The minimum atomic E-state index is 0.358. The normalized spacial score (nSPS) is 17.3. The van der Waals surface area contributed by atoms with Gasteiger partial charge in [-0.25, -0.2) is 0 Å². The number of ether oxygens (including phenoxy) is 2. The van der Waals surface area contributed by atoms with E-state index in [0.717, 1.165) is 42.5 Å². The highest BCUT2D eigenvalue weighted by atomic mass is 35.5. The van der Waals surface area contributed by atoms with E-state index in [1.165, 1.54) is 12.0 Å². The molecule has 122 valence electrons. The van der Waals surface area contributed by atoms with E-state index in [1.54, 1.807) is 0 Å². The van der Waals surface area contributed by atoms with Crippen LogP contribution in [-0.4, -0.2) is 19.3 Å². The molecule has 2 aromatic rings. The van der Waals surface area contributed by atoms with Crippen LogP contribution in [0.1, 0.15) is 24.0 Å². The van der Waals surface area contributed by atoms with Crippen molar-refractivity contribution in [3.8, 4) is 5.75 Å². The highest BCUT2D eigenvalue weighted by Gasteiger charge is 2.14. The summed E-state index contributed by atoms with van der Waals surface area (Å²) in [6.45, 7) is 3.12. The Bertz CT molecular complexity index is 609. The molecule has 1 saturated heterocycles. The number of nitrogens with one attached hydrogen (secondary N) is 1. The van der Waals surface area contributed by atoms with Crippen LogP contribution in [0.5, 0.6) is 5.75 Å². The maximum absolute atomic E-state index is 5.97. The van der Waals surface area contributed by atoms with Crippen molar-refractivity contribution >= 4 is 11.6 Å². The highest BCUT2D eigenvalue weighted by molar-refractivity contribution is 6.30. The molecule has 0 amide bonds. The van der Waals surface area contributed by atoms with Gasteiger partial charge in [0.25, 0.3) is 0 Å². The molecule has 1 aliphatic heterocycles. The summed E-state index contributed by atoms with van der Waals surface area (Å²) in [6, 6.07) is 15.9. The molecule has 1 fully saturated rings. The topological polar surface area (TPSA) is 30.5 Å². The molecule has 0 bridgehead atoms. The summed E-state index contributed by atoms with van der Waals surface area (Å²) >= 11 is 5.91. The molecule has 1 heterocycles. The molecule has 0 spiro atoms. The molecular formula is C19H22ClNO2. The van der Waals surface area contributed by atoms with Crippen molar-refractivity contribution in [3.63, 3.8) is 0 Å². The van der Waals surface area contributed by atoms with Gasteiger partial charge in [0.2, 0.25) is 0 Å². The van der Waals surface area contributed by atoms with Crippen molar-refractivity contribution < 1.29 is 9.47 Å². The van der Waals surface area contributed by atoms with Crippen molar-refractivity contribution in [1.82, 2.24) is 5.32 Å². The summed E-state index contributed by atoms with van der Waals surface area (Å²) < 4.78 is 11.6. The van der Waals surface area contributed by atoms with Gasteiger partial charge in [-0.2, -0.15) is 0 Å². The summed E-state index contributed by atoms with van der Waals surface area (Å²) in [5, 5.41) is 4.21. The first kappa shape index (κ1) is 16.3. The molecule has 23 heavy (non-hydrogen) atoms. The fourth-order valence-corrected chi connectivity index (χ4v) is 2.83. The predicted molar refractivity (Wildman–Crippen MR) is 92.9 cm³/mol. The third-order valence-electron chi connectivity index (χ3n) is 3.99. The lowest BCUT2D eigenvalue weighted by atomic mass is 10.2. The zero-order chi connectivity index (χ0) is 15.9. The average molecular weight is 332 g/mol. The molecule has 0 saturated carbocycles. The Kier molecular flexibility index (Phi) is 5.92. The molecule has 0 aliphatic carbocycles. The van der Waals surface area contributed by atoms with Gasteiger partial charge in [0.1, 0.15) is 12.4 Å². The van der Waals surface area contributed by atoms with Gasteiger partial charge in [-0.1, -0.05) is 41.9 Å². The van der Waals surface area contributed by atoms with E-state index in [4.69, 9.17) is 21.1 Å². The third kappa shape index (κ3) is 4.96. The molecule has 1 unspecified atom stereocenters. The van der Waals surface area contributed by atoms with Gasteiger partial charge < -0.3 is 14.8 Å². The van der Waals surface area contributed by atoms with E-state index >= 15 is 0 Å². The Morgan fingerprint density at radius 1 is 1.13 bits per heavy atom. The summed E-state index contributed by atoms with van der Waals surface area (Å²) in [6.07, 6.45) is 2.69. The molecule has 2 aromatic carbocycles. The second-order valence-corrected chi connectivity index (χ2v) is 6.23. The first-order chi connectivity index (χ1) is 11.3. The summed E-state index contributed by atoms with van der Waals surface area (Å²) in [4.78, 5) is 0. The number of benzene rings is 2. The maximum Gasteiger partial charge on any atom is 0.124 e. The second-order valence-electron chi connectivity index (χ2n) is 5.79. The van der Waals surface area contributed by atoms with E-state index in [0.29, 0.717) is 12.7 Å². The molecule has 3 nitrogen and oxygen atoms in total. The zero-order valence-electron chi connectivity index (χ0n) is 13.1. The number of hydrogen-bond acceptors (Lipinski definition) is 3. The van der Waals surface area contributed by atoms with Gasteiger partial charge in [-0.05, 0) is 36.6 Å². The average Bonchev–Trinajstić information content (AvgIpc) is 3.09. The van der Waals surface area contributed by atoms with Crippen molar-refractivity contribution in [2.75, 3.05) is 13.2 Å². The number of hydrogen-bond donors (Lipinski definition) is 1. The monoisotopic (exact) mass is 331 g/mol. The predicted octanol–water partition coefficient (Wildman–Crippen LogP) is 4.19. The summed E-state index contributed by atoms with van der Waals surface area (Å²) in [5.74, 6) is 0.919.